The van der Waals surface area contributed by atoms with E-state index in [2.05, 4.69) is 22.4 Å². The molecule has 0 saturated carbocycles. The summed E-state index contributed by atoms with van der Waals surface area (Å²) in [6, 6.07) is 23.3. The highest BCUT2D eigenvalue weighted by Crippen LogP contribution is 2.44. The minimum absolute atomic E-state index is 0.0808. The molecule has 1 aliphatic carbocycles. The second kappa shape index (κ2) is 7.57. The lowest BCUT2D eigenvalue weighted by molar-refractivity contribution is 0.0692. The summed E-state index contributed by atoms with van der Waals surface area (Å²) in [5.41, 5.74) is 4.39. The Morgan fingerprint density at radius 1 is 0.903 bits per heavy atom. The van der Waals surface area contributed by atoms with Gasteiger partial charge in [-0.2, -0.15) is 0 Å². The fourth-order valence-corrected chi connectivity index (χ4v) is 4.19. The van der Waals surface area contributed by atoms with Gasteiger partial charge in [0.2, 0.25) is 0 Å². The van der Waals surface area contributed by atoms with Crippen molar-refractivity contribution in [2.75, 3.05) is 11.9 Å². The first-order valence-electron chi connectivity index (χ1n) is 9.86. The minimum atomic E-state index is -1.22. The number of nitrogens with zero attached hydrogens (tertiary/aromatic N) is 1. The fourth-order valence-electron chi connectivity index (χ4n) is 4.19. The van der Waals surface area contributed by atoms with Crippen LogP contribution in [0, 0.1) is 0 Å². The van der Waals surface area contributed by atoms with Gasteiger partial charge in [-0.3, -0.25) is 5.32 Å². The number of hydrogen-bond acceptors (Lipinski definition) is 4. The van der Waals surface area contributed by atoms with Crippen molar-refractivity contribution in [1.29, 1.82) is 0 Å². The molecule has 6 nitrogen and oxygen atoms in total. The molecule has 0 radical (unpaired) electrons. The van der Waals surface area contributed by atoms with E-state index < -0.39 is 12.1 Å². The molecule has 0 unspecified atom stereocenters. The first-order chi connectivity index (χ1) is 15.1. The Morgan fingerprint density at radius 2 is 1.52 bits per heavy atom. The minimum Gasteiger partial charge on any atom is -0.476 e. The number of pyridine rings is 1. The average Bonchev–Trinajstić information content (AvgIpc) is 3.11. The van der Waals surface area contributed by atoms with Crippen LogP contribution in [0.25, 0.3) is 21.9 Å². The number of anilines is 1. The molecule has 2 N–H and O–H groups in total. The molecule has 0 atom stereocenters. The molecule has 31 heavy (non-hydrogen) atoms. The molecular formula is C25H18N2O4. The van der Waals surface area contributed by atoms with Crippen molar-refractivity contribution >= 4 is 28.5 Å². The van der Waals surface area contributed by atoms with E-state index in [-0.39, 0.29) is 23.9 Å². The Morgan fingerprint density at radius 3 is 2.19 bits per heavy atom. The van der Waals surface area contributed by atoms with E-state index in [1.54, 1.807) is 18.2 Å². The van der Waals surface area contributed by atoms with Crippen molar-refractivity contribution in [2.45, 2.75) is 5.92 Å². The molecule has 4 aromatic rings. The molecule has 5 rings (SSSR count). The van der Waals surface area contributed by atoms with Crippen molar-refractivity contribution in [3.8, 4) is 11.1 Å². The van der Waals surface area contributed by atoms with E-state index in [4.69, 9.17) is 4.74 Å². The standard InChI is InChI=1S/C25H18N2O4/c28-24(29)23-22(16-8-2-1-7-15(16)13-26-23)27-25(30)31-14-21-19-11-5-3-9-17(19)18-10-4-6-12-20(18)21/h1-13,21H,14H2,(H,27,30)(H,28,29). The number of carbonyl (C=O) groups is 2. The zero-order chi connectivity index (χ0) is 21.4. The number of fused-ring (bicyclic) bond motifs is 4. The van der Waals surface area contributed by atoms with Crippen molar-refractivity contribution in [2.24, 2.45) is 0 Å². The van der Waals surface area contributed by atoms with E-state index in [1.165, 1.54) is 6.20 Å². The summed E-state index contributed by atoms with van der Waals surface area (Å²) in [5, 5.41) is 13.4. The lowest BCUT2D eigenvalue weighted by Crippen LogP contribution is -2.20. The van der Waals surface area contributed by atoms with E-state index in [0.717, 1.165) is 27.6 Å². The molecule has 1 heterocycles. The van der Waals surface area contributed by atoms with Crippen LogP contribution in [0.5, 0.6) is 0 Å². The van der Waals surface area contributed by atoms with Crippen molar-refractivity contribution in [3.05, 3.63) is 95.8 Å². The fraction of sp³-hybridized carbons (Fsp3) is 0.0800. The number of aromatic carboxylic acids is 1. The summed E-state index contributed by atoms with van der Waals surface area (Å²) in [7, 11) is 0. The van der Waals surface area contributed by atoms with E-state index in [1.807, 2.05) is 42.5 Å². The van der Waals surface area contributed by atoms with Gasteiger partial charge in [-0.1, -0.05) is 72.8 Å². The van der Waals surface area contributed by atoms with Gasteiger partial charge in [0, 0.05) is 22.9 Å². The number of benzene rings is 3. The molecular weight excluding hydrogens is 392 g/mol. The number of carbonyl (C=O) groups excluding carboxylic acids is 1. The van der Waals surface area contributed by atoms with Crippen LogP contribution in [0.4, 0.5) is 10.5 Å². The van der Waals surface area contributed by atoms with Crippen LogP contribution in [-0.2, 0) is 4.74 Å². The van der Waals surface area contributed by atoms with Crippen LogP contribution in [0.15, 0.2) is 79.0 Å². The van der Waals surface area contributed by atoms with Crippen LogP contribution >= 0.6 is 0 Å². The summed E-state index contributed by atoms with van der Waals surface area (Å²) in [6.07, 6.45) is 0.754. The van der Waals surface area contributed by atoms with Crippen LogP contribution < -0.4 is 5.32 Å². The average molecular weight is 410 g/mol. The number of rotatable bonds is 4. The smallest absolute Gasteiger partial charge is 0.411 e. The zero-order valence-electron chi connectivity index (χ0n) is 16.4. The lowest BCUT2D eigenvalue weighted by atomic mass is 9.98. The van der Waals surface area contributed by atoms with Gasteiger partial charge in [0.25, 0.3) is 0 Å². The van der Waals surface area contributed by atoms with E-state index in [9.17, 15) is 14.7 Å². The predicted molar refractivity (Wildman–Crippen MR) is 117 cm³/mol. The number of carboxylic acids is 1. The highest BCUT2D eigenvalue weighted by molar-refractivity contribution is 6.08. The number of ether oxygens (including phenoxy) is 1. The van der Waals surface area contributed by atoms with Crippen molar-refractivity contribution in [1.82, 2.24) is 4.98 Å². The Balaban J connectivity index is 1.41. The van der Waals surface area contributed by atoms with Gasteiger partial charge in [0.05, 0.1) is 5.69 Å². The molecule has 0 saturated heterocycles. The molecule has 1 aromatic heterocycles. The lowest BCUT2D eigenvalue weighted by Gasteiger charge is -2.16. The van der Waals surface area contributed by atoms with Gasteiger partial charge in [-0.25, -0.2) is 14.6 Å². The Hall–Kier alpha value is -4.19. The Bertz CT molecular complexity index is 1290. The van der Waals surface area contributed by atoms with E-state index in [0.29, 0.717) is 5.39 Å². The number of amides is 1. The predicted octanol–water partition coefficient (Wildman–Crippen LogP) is 5.29. The van der Waals surface area contributed by atoms with Crippen LogP contribution in [0.3, 0.4) is 0 Å². The molecule has 0 fully saturated rings. The summed E-state index contributed by atoms with van der Waals surface area (Å²) in [5.74, 6) is -1.30. The number of aromatic nitrogens is 1. The monoisotopic (exact) mass is 410 g/mol. The molecule has 152 valence electrons. The zero-order valence-corrected chi connectivity index (χ0v) is 16.4. The van der Waals surface area contributed by atoms with Gasteiger partial charge in [0.1, 0.15) is 6.61 Å². The molecule has 0 bridgehead atoms. The van der Waals surface area contributed by atoms with Crippen molar-refractivity contribution < 1.29 is 19.4 Å². The molecule has 1 amide bonds. The molecule has 0 spiro atoms. The maximum atomic E-state index is 12.7. The quantitative estimate of drug-likeness (QED) is 0.477. The molecule has 1 aliphatic rings. The van der Waals surface area contributed by atoms with Crippen molar-refractivity contribution in [3.63, 3.8) is 0 Å². The number of carboxylic acid groups (broad SMARTS) is 1. The Labute approximate surface area is 178 Å². The van der Waals surface area contributed by atoms with E-state index >= 15 is 0 Å². The normalized spacial score (nSPS) is 12.3. The highest BCUT2D eigenvalue weighted by atomic mass is 16.5. The third kappa shape index (κ3) is 3.28. The first-order valence-corrected chi connectivity index (χ1v) is 9.86. The third-order valence-corrected chi connectivity index (χ3v) is 5.57. The topological polar surface area (TPSA) is 88.5 Å². The van der Waals surface area contributed by atoms with Crippen LogP contribution in [0.2, 0.25) is 0 Å². The maximum Gasteiger partial charge on any atom is 0.411 e. The molecule has 6 heteroatoms. The maximum absolute atomic E-state index is 12.7. The largest absolute Gasteiger partial charge is 0.476 e. The summed E-state index contributed by atoms with van der Waals surface area (Å²) >= 11 is 0. The molecule has 3 aromatic carbocycles. The van der Waals surface area contributed by atoms with Gasteiger partial charge in [-0.05, 0) is 22.3 Å². The molecule has 0 aliphatic heterocycles. The highest BCUT2D eigenvalue weighted by Gasteiger charge is 2.29. The third-order valence-electron chi connectivity index (χ3n) is 5.57. The van der Waals surface area contributed by atoms with Gasteiger partial charge < -0.3 is 9.84 Å². The van der Waals surface area contributed by atoms with Crippen LogP contribution in [-0.4, -0.2) is 28.8 Å². The van der Waals surface area contributed by atoms with Gasteiger partial charge in [-0.15, -0.1) is 0 Å². The second-order valence-corrected chi connectivity index (χ2v) is 7.32. The SMILES string of the molecule is O=C(Nc1c(C(=O)O)ncc2ccccc12)OCC1c2ccccc2-c2ccccc21. The number of hydrogen-bond donors (Lipinski definition) is 2. The summed E-state index contributed by atoms with van der Waals surface area (Å²) in [4.78, 5) is 28.3. The van der Waals surface area contributed by atoms with Gasteiger partial charge >= 0.3 is 12.1 Å². The Kier molecular flexibility index (Phi) is 4.59. The van der Waals surface area contributed by atoms with Gasteiger partial charge in [0.15, 0.2) is 5.69 Å². The number of nitrogens with one attached hydrogen (secondary N) is 1. The first kappa shape index (κ1) is 18.8. The summed E-state index contributed by atoms with van der Waals surface area (Å²) in [6.45, 7) is 0.139. The van der Waals surface area contributed by atoms with Crippen LogP contribution in [0.1, 0.15) is 27.5 Å². The second-order valence-electron chi connectivity index (χ2n) is 7.32. The summed E-state index contributed by atoms with van der Waals surface area (Å²) < 4.78 is 5.56.